The van der Waals surface area contributed by atoms with Crippen LogP contribution in [0.4, 0.5) is 4.79 Å². The molecule has 0 radical (unpaired) electrons. The summed E-state index contributed by atoms with van der Waals surface area (Å²) < 4.78 is 0. The molecule has 2 aliphatic carbocycles. The van der Waals surface area contributed by atoms with E-state index in [1.807, 2.05) is 0 Å². The molecule has 2 aliphatic rings. The van der Waals surface area contributed by atoms with Gasteiger partial charge in [0.15, 0.2) is 0 Å². The van der Waals surface area contributed by atoms with E-state index < -0.39 is 17.3 Å². The van der Waals surface area contributed by atoms with Crippen LogP contribution in [0.2, 0.25) is 0 Å². The zero-order chi connectivity index (χ0) is 11.0. The summed E-state index contributed by atoms with van der Waals surface area (Å²) in [4.78, 5) is 22.4. The van der Waals surface area contributed by atoms with Crippen LogP contribution in [-0.2, 0) is 4.79 Å². The number of fused-ring (bicyclic) bond motifs is 1. The van der Waals surface area contributed by atoms with E-state index in [-0.39, 0.29) is 6.04 Å². The van der Waals surface area contributed by atoms with Crippen molar-refractivity contribution in [2.75, 3.05) is 0 Å². The lowest BCUT2D eigenvalue weighted by atomic mass is 10.2. The summed E-state index contributed by atoms with van der Waals surface area (Å²) in [5.41, 5.74) is 0. The third kappa shape index (κ3) is 2.62. The van der Waals surface area contributed by atoms with Crippen molar-refractivity contribution in [2.45, 2.75) is 37.6 Å². The molecule has 4 nitrogen and oxygen atoms in total. The van der Waals surface area contributed by atoms with Crippen molar-refractivity contribution in [3.8, 4) is 0 Å². The minimum Gasteiger partial charge on any atom is -0.335 e. The molecular formula is C10H15ClN2O2. The van der Waals surface area contributed by atoms with Crippen LogP contribution in [0.3, 0.4) is 0 Å². The summed E-state index contributed by atoms with van der Waals surface area (Å²) >= 11 is 5.53. The molecule has 15 heavy (non-hydrogen) atoms. The van der Waals surface area contributed by atoms with Gasteiger partial charge in [-0.15, -0.1) is 11.6 Å². The molecule has 0 aromatic carbocycles. The van der Waals surface area contributed by atoms with Gasteiger partial charge in [0.05, 0.1) is 0 Å². The fraction of sp³-hybridized carbons (Fsp3) is 0.800. The van der Waals surface area contributed by atoms with Crippen LogP contribution in [0.1, 0.15) is 26.2 Å². The van der Waals surface area contributed by atoms with Crippen LogP contribution in [0, 0.1) is 11.8 Å². The molecule has 3 unspecified atom stereocenters. The normalized spacial score (nSPS) is 34.1. The number of imide groups is 1. The third-order valence-corrected chi connectivity index (χ3v) is 3.38. The van der Waals surface area contributed by atoms with Crippen LogP contribution in [-0.4, -0.2) is 23.4 Å². The number of rotatable bonds is 2. The second-order valence-corrected chi connectivity index (χ2v) is 5.16. The predicted molar refractivity (Wildman–Crippen MR) is 56.6 cm³/mol. The first kappa shape index (κ1) is 10.7. The summed E-state index contributed by atoms with van der Waals surface area (Å²) in [7, 11) is 0. The van der Waals surface area contributed by atoms with Crippen molar-refractivity contribution in [3.05, 3.63) is 0 Å². The third-order valence-electron chi connectivity index (χ3n) is 3.18. The predicted octanol–water partition coefficient (Wildman–Crippen LogP) is 1.24. The van der Waals surface area contributed by atoms with E-state index in [2.05, 4.69) is 10.6 Å². The van der Waals surface area contributed by atoms with Gasteiger partial charge in [0.2, 0.25) is 5.91 Å². The van der Waals surface area contributed by atoms with Crippen LogP contribution in [0.15, 0.2) is 0 Å². The van der Waals surface area contributed by atoms with Gasteiger partial charge in [-0.3, -0.25) is 10.1 Å². The Bertz CT molecular complexity index is 283. The van der Waals surface area contributed by atoms with Gasteiger partial charge in [0.25, 0.3) is 0 Å². The highest BCUT2D eigenvalue weighted by atomic mass is 35.5. The van der Waals surface area contributed by atoms with E-state index in [1.165, 1.54) is 13.3 Å². The highest BCUT2D eigenvalue weighted by molar-refractivity contribution is 6.31. The first-order valence-electron chi connectivity index (χ1n) is 5.31. The standard InChI is InChI=1S/C10H15ClN2O2/c1-5(11)9(14)13-10(15)12-8-3-6-2-7(6)4-8/h5-8H,2-4H2,1H3,(H2,12,13,14,15). The fourth-order valence-electron chi connectivity index (χ4n) is 2.27. The van der Waals surface area contributed by atoms with Crippen molar-refractivity contribution in [1.29, 1.82) is 0 Å². The Labute approximate surface area is 93.7 Å². The van der Waals surface area contributed by atoms with E-state index >= 15 is 0 Å². The van der Waals surface area contributed by atoms with Gasteiger partial charge in [-0.1, -0.05) is 0 Å². The van der Waals surface area contributed by atoms with E-state index in [1.54, 1.807) is 0 Å². The first-order chi connectivity index (χ1) is 7.06. The number of hydrogen-bond acceptors (Lipinski definition) is 2. The molecule has 0 aromatic heterocycles. The Morgan fingerprint density at radius 1 is 1.27 bits per heavy atom. The molecule has 2 fully saturated rings. The highest BCUT2D eigenvalue weighted by Crippen LogP contribution is 2.51. The molecule has 5 heteroatoms. The molecule has 2 N–H and O–H groups in total. The smallest absolute Gasteiger partial charge is 0.321 e. The number of nitrogens with one attached hydrogen (secondary N) is 2. The maximum absolute atomic E-state index is 11.3. The molecule has 2 saturated carbocycles. The minimum absolute atomic E-state index is 0.243. The summed E-state index contributed by atoms with van der Waals surface area (Å²) in [6.07, 6.45) is 3.43. The second kappa shape index (κ2) is 4.00. The lowest BCUT2D eigenvalue weighted by Gasteiger charge is -2.14. The number of carbonyl (C=O) groups excluding carboxylic acids is 2. The van der Waals surface area contributed by atoms with Gasteiger partial charge in [-0.25, -0.2) is 4.79 Å². The van der Waals surface area contributed by atoms with E-state index in [0.717, 1.165) is 24.7 Å². The number of carbonyl (C=O) groups is 2. The molecule has 84 valence electrons. The Balaban J connectivity index is 1.70. The van der Waals surface area contributed by atoms with Gasteiger partial charge in [0, 0.05) is 6.04 Å². The zero-order valence-corrected chi connectivity index (χ0v) is 9.38. The maximum atomic E-state index is 11.3. The van der Waals surface area contributed by atoms with Gasteiger partial charge in [-0.05, 0) is 38.0 Å². The van der Waals surface area contributed by atoms with Crippen molar-refractivity contribution < 1.29 is 9.59 Å². The van der Waals surface area contributed by atoms with Crippen molar-refractivity contribution in [2.24, 2.45) is 11.8 Å². The van der Waals surface area contributed by atoms with Crippen molar-refractivity contribution in [1.82, 2.24) is 10.6 Å². The van der Waals surface area contributed by atoms with Gasteiger partial charge in [-0.2, -0.15) is 0 Å². The van der Waals surface area contributed by atoms with Crippen LogP contribution >= 0.6 is 11.6 Å². The molecule has 3 amide bonds. The highest BCUT2D eigenvalue weighted by Gasteiger charge is 2.46. The van der Waals surface area contributed by atoms with Crippen LogP contribution in [0.5, 0.6) is 0 Å². The Morgan fingerprint density at radius 2 is 1.87 bits per heavy atom. The molecular weight excluding hydrogens is 216 g/mol. The SMILES string of the molecule is CC(Cl)C(=O)NC(=O)NC1CC2CC2C1. The average Bonchev–Trinajstić information content (AvgIpc) is 2.73. The molecule has 2 rings (SSSR count). The zero-order valence-electron chi connectivity index (χ0n) is 8.63. The average molecular weight is 231 g/mol. The Hall–Kier alpha value is -0.770. The number of halogens is 1. The molecule has 0 heterocycles. The summed E-state index contributed by atoms with van der Waals surface area (Å²) in [6.45, 7) is 1.54. The second-order valence-electron chi connectivity index (χ2n) is 4.50. The number of hydrogen-bond donors (Lipinski definition) is 2. The topological polar surface area (TPSA) is 58.2 Å². The minimum atomic E-state index is -0.673. The van der Waals surface area contributed by atoms with E-state index in [4.69, 9.17) is 11.6 Å². The number of amides is 3. The quantitative estimate of drug-likeness (QED) is 0.702. The fourth-order valence-corrected chi connectivity index (χ4v) is 2.32. The largest absolute Gasteiger partial charge is 0.335 e. The maximum Gasteiger partial charge on any atom is 0.321 e. The van der Waals surface area contributed by atoms with Crippen LogP contribution in [0.25, 0.3) is 0 Å². The van der Waals surface area contributed by atoms with Gasteiger partial charge < -0.3 is 5.32 Å². The number of alkyl halides is 1. The molecule has 0 bridgehead atoms. The Kier molecular flexibility index (Phi) is 2.87. The van der Waals surface area contributed by atoms with Crippen molar-refractivity contribution in [3.63, 3.8) is 0 Å². The van der Waals surface area contributed by atoms with E-state index in [0.29, 0.717) is 0 Å². The van der Waals surface area contributed by atoms with E-state index in [9.17, 15) is 9.59 Å². The molecule has 0 aromatic rings. The molecule has 0 saturated heterocycles. The molecule has 0 spiro atoms. The summed E-state index contributed by atoms with van der Waals surface area (Å²) in [5, 5.41) is 4.34. The van der Waals surface area contributed by atoms with Gasteiger partial charge in [0.1, 0.15) is 5.38 Å². The monoisotopic (exact) mass is 230 g/mol. The Morgan fingerprint density at radius 3 is 2.40 bits per heavy atom. The van der Waals surface area contributed by atoms with Crippen molar-refractivity contribution >= 4 is 23.5 Å². The van der Waals surface area contributed by atoms with Gasteiger partial charge >= 0.3 is 6.03 Å². The van der Waals surface area contributed by atoms with Crippen LogP contribution < -0.4 is 10.6 Å². The number of urea groups is 1. The first-order valence-corrected chi connectivity index (χ1v) is 5.75. The molecule has 3 atom stereocenters. The lowest BCUT2D eigenvalue weighted by Crippen LogP contribution is -2.45. The molecule has 0 aliphatic heterocycles. The summed E-state index contributed by atoms with van der Waals surface area (Å²) in [5.74, 6) is 1.19. The lowest BCUT2D eigenvalue weighted by molar-refractivity contribution is -0.119. The summed E-state index contributed by atoms with van der Waals surface area (Å²) in [6, 6.07) is -0.175.